The average Bonchev–Trinajstić information content (AvgIpc) is 2.29. The lowest BCUT2D eigenvalue weighted by atomic mass is 9.85. The molecule has 2 atom stereocenters. The summed E-state index contributed by atoms with van der Waals surface area (Å²) in [5, 5.41) is 3.60. The number of fused-ring (bicyclic) bond motifs is 3. The monoisotopic (exact) mass is 267 g/mol. The Morgan fingerprint density at radius 3 is 3.27 bits per heavy atom. The van der Waals surface area contributed by atoms with E-state index in [-0.39, 0.29) is 0 Å². The quantitative estimate of drug-likeness (QED) is 0.781. The highest BCUT2D eigenvalue weighted by atomic mass is 79.9. The van der Waals surface area contributed by atoms with Gasteiger partial charge in [-0.05, 0) is 37.6 Å². The fourth-order valence-electron chi connectivity index (χ4n) is 2.59. The van der Waals surface area contributed by atoms with Gasteiger partial charge in [-0.15, -0.1) is 0 Å². The van der Waals surface area contributed by atoms with Gasteiger partial charge in [-0.25, -0.2) is 0 Å². The molecule has 2 nitrogen and oxygen atoms in total. The molecule has 3 rings (SSSR count). The van der Waals surface area contributed by atoms with Crippen molar-refractivity contribution in [3.05, 3.63) is 28.2 Å². The Kier molecular flexibility index (Phi) is 2.45. The molecule has 0 aliphatic carbocycles. The van der Waals surface area contributed by atoms with E-state index in [4.69, 9.17) is 4.74 Å². The molecular formula is C12H14BrNO. The molecule has 1 aromatic rings. The highest BCUT2D eigenvalue weighted by Crippen LogP contribution is 2.40. The number of hydrogen-bond acceptors (Lipinski definition) is 2. The first-order chi connectivity index (χ1) is 7.34. The van der Waals surface area contributed by atoms with Crippen molar-refractivity contribution in [1.29, 1.82) is 0 Å². The van der Waals surface area contributed by atoms with E-state index in [1.165, 1.54) is 18.4 Å². The molecule has 0 amide bonds. The first-order valence-electron chi connectivity index (χ1n) is 5.50. The van der Waals surface area contributed by atoms with E-state index in [1.807, 2.05) is 6.07 Å². The Hall–Kier alpha value is -0.540. The lowest BCUT2D eigenvalue weighted by molar-refractivity contribution is 0.147. The fourth-order valence-corrected chi connectivity index (χ4v) is 2.97. The standard InChI is InChI=1S/C12H14BrNO/c13-9-3-4-11-10(6-9)12-8(7-15-11)2-1-5-14-12/h3-4,6,8,12,14H,1-2,5,7H2. The summed E-state index contributed by atoms with van der Waals surface area (Å²) >= 11 is 3.52. The minimum atomic E-state index is 0.500. The summed E-state index contributed by atoms with van der Waals surface area (Å²) in [4.78, 5) is 0. The van der Waals surface area contributed by atoms with Gasteiger partial charge in [0.25, 0.3) is 0 Å². The van der Waals surface area contributed by atoms with Crippen molar-refractivity contribution in [1.82, 2.24) is 5.32 Å². The first-order valence-corrected chi connectivity index (χ1v) is 6.29. The van der Waals surface area contributed by atoms with Crippen molar-refractivity contribution in [2.24, 2.45) is 5.92 Å². The predicted octanol–water partition coefficient (Wildman–Crippen LogP) is 2.88. The fraction of sp³-hybridized carbons (Fsp3) is 0.500. The average molecular weight is 268 g/mol. The molecule has 2 aliphatic heterocycles. The molecule has 1 N–H and O–H groups in total. The van der Waals surface area contributed by atoms with Crippen molar-refractivity contribution in [2.75, 3.05) is 13.2 Å². The maximum absolute atomic E-state index is 5.79. The van der Waals surface area contributed by atoms with Gasteiger partial charge in [0.05, 0.1) is 6.61 Å². The zero-order chi connectivity index (χ0) is 10.3. The highest BCUT2D eigenvalue weighted by molar-refractivity contribution is 9.10. The SMILES string of the molecule is Brc1ccc2c(c1)C1NCCCC1CO2. The number of ether oxygens (including phenoxy) is 1. The number of benzene rings is 1. The molecule has 15 heavy (non-hydrogen) atoms. The number of nitrogens with one attached hydrogen (secondary N) is 1. The zero-order valence-electron chi connectivity index (χ0n) is 8.50. The second-order valence-electron chi connectivity index (χ2n) is 4.33. The molecule has 2 aliphatic rings. The Labute approximate surface area is 98.1 Å². The van der Waals surface area contributed by atoms with Crippen LogP contribution in [0.25, 0.3) is 0 Å². The van der Waals surface area contributed by atoms with Gasteiger partial charge in [0.2, 0.25) is 0 Å². The van der Waals surface area contributed by atoms with Gasteiger partial charge >= 0.3 is 0 Å². The Morgan fingerprint density at radius 1 is 1.40 bits per heavy atom. The van der Waals surface area contributed by atoms with Crippen LogP contribution in [0.4, 0.5) is 0 Å². The summed E-state index contributed by atoms with van der Waals surface area (Å²) in [7, 11) is 0. The van der Waals surface area contributed by atoms with Gasteiger partial charge in [-0.1, -0.05) is 15.9 Å². The van der Waals surface area contributed by atoms with Crippen LogP contribution in [0.1, 0.15) is 24.4 Å². The Bertz CT molecular complexity index is 380. The van der Waals surface area contributed by atoms with Gasteiger partial charge in [0.1, 0.15) is 5.75 Å². The smallest absolute Gasteiger partial charge is 0.124 e. The van der Waals surface area contributed by atoms with E-state index >= 15 is 0 Å². The van der Waals surface area contributed by atoms with Gasteiger partial charge in [0.15, 0.2) is 0 Å². The van der Waals surface area contributed by atoms with Crippen molar-refractivity contribution >= 4 is 15.9 Å². The number of rotatable bonds is 0. The molecule has 80 valence electrons. The van der Waals surface area contributed by atoms with Crippen molar-refractivity contribution in [3.63, 3.8) is 0 Å². The molecule has 1 aromatic carbocycles. The second-order valence-corrected chi connectivity index (χ2v) is 5.24. The highest BCUT2D eigenvalue weighted by Gasteiger charge is 2.32. The molecular weight excluding hydrogens is 254 g/mol. The first kappa shape index (κ1) is 9.67. The molecule has 0 radical (unpaired) electrons. The van der Waals surface area contributed by atoms with Crippen LogP contribution in [0.3, 0.4) is 0 Å². The van der Waals surface area contributed by atoms with E-state index in [2.05, 4.69) is 33.4 Å². The zero-order valence-corrected chi connectivity index (χ0v) is 10.1. The summed E-state index contributed by atoms with van der Waals surface area (Å²) in [5.41, 5.74) is 1.32. The van der Waals surface area contributed by atoms with Crippen LogP contribution < -0.4 is 10.1 Å². The molecule has 0 bridgehead atoms. The summed E-state index contributed by atoms with van der Waals surface area (Å²) < 4.78 is 6.92. The molecule has 0 aromatic heterocycles. The predicted molar refractivity (Wildman–Crippen MR) is 63.1 cm³/mol. The van der Waals surface area contributed by atoms with Gasteiger partial charge < -0.3 is 10.1 Å². The molecule has 1 saturated heterocycles. The maximum Gasteiger partial charge on any atom is 0.124 e. The van der Waals surface area contributed by atoms with E-state index in [1.54, 1.807) is 0 Å². The van der Waals surface area contributed by atoms with E-state index in [0.717, 1.165) is 23.4 Å². The van der Waals surface area contributed by atoms with E-state index in [9.17, 15) is 0 Å². The van der Waals surface area contributed by atoms with Crippen LogP contribution in [0.5, 0.6) is 5.75 Å². The summed E-state index contributed by atoms with van der Waals surface area (Å²) in [5.74, 6) is 1.70. The minimum absolute atomic E-state index is 0.500. The van der Waals surface area contributed by atoms with Crippen LogP contribution in [0.2, 0.25) is 0 Å². The number of halogens is 1. The van der Waals surface area contributed by atoms with Crippen molar-refractivity contribution < 1.29 is 4.74 Å². The summed E-state index contributed by atoms with van der Waals surface area (Å²) in [6.45, 7) is 2.00. The second kappa shape index (κ2) is 3.80. The third kappa shape index (κ3) is 1.68. The van der Waals surface area contributed by atoms with Crippen molar-refractivity contribution in [2.45, 2.75) is 18.9 Å². The lowest BCUT2D eigenvalue weighted by Crippen LogP contribution is -2.39. The molecule has 2 unspecified atom stereocenters. The van der Waals surface area contributed by atoms with Crippen LogP contribution >= 0.6 is 15.9 Å². The molecule has 0 spiro atoms. The maximum atomic E-state index is 5.79. The van der Waals surface area contributed by atoms with Crippen LogP contribution in [0.15, 0.2) is 22.7 Å². The Balaban J connectivity index is 2.01. The largest absolute Gasteiger partial charge is 0.493 e. The van der Waals surface area contributed by atoms with Crippen LogP contribution in [0, 0.1) is 5.92 Å². The molecule has 0 saturated carbocycles. The summed E-state index contributed by atoms with van der Waals surface area (Å²) in [6, 6.07) is 6.79. The van der Waals surface area contributed by atoms with E-state index in [0.29, 0.717) is 12.0 Å². The molecule has 3 heteroatoms. The summed E-state index contributed by atoms with van der Waals surface area (Å²) in [6.07, 6.45) is 2.55. The lowest BCUT2D eigenvalue weighted by Gasteiger charge is -2.37. The molecule has 1 fully saturated rings. The third-order valence-electron chi connectivity index (χ3n) is 3.35. The Morgan fingerprint density at radius 2 is 2.33 bits per heavy atom. The number of hydrogen-bond donors (Lipinski definition) is 1. The van der Waals surface area contributed by atoms with Crippen LogP contribution in [-0.4, -0.2) is 13.2 Å². The van der Waals surface area contributed by atoms with E-state index < -0.39 is 0 Å². The van der Waals surface area contributed by atoms with Gasteiger partial charge in [-0.2, -0.15) is 0 Å². The van der Waals surface area contributed by atoms with Gasteiger partial charge in [-0.3, -0.25) is 0 Å². The molecule has 2 heterocycles. The minimum Gasteiger partial charge on any atom is -0.493 e. The normalized spacial score (nSPS) is 28.9. The third-order valence-corrected chi connectivity index (χ3v) is 3.84. The van der Waals surface area contributed by atoms with Gasteiger partial charge in [0, 0.05) is 22.0 Å². The van der Waals surface area contributed by atoms with Crippen LogP contribution in [-0.2, 0) is 0 Å². The number of piperidine rings is 1. The van der Waals surface area contributed by atoms with Crippen molar-refractivity contribution in [3.8, 4) is 5.75 Å². The topological polar surface area (TPSA) is 21.3 Å².